The van der Waals surface area contributed by atoms with Crippen molar-refractivity contribution in [3.8, 4) is 0 Å². The van der Waals surface area contributed by atoms with Gasteiger partial charge in [0.15, 0.2) is 0 Å². The summed E-state index contributed by atoms with van der Waals surface area (Å²) in [7, 11) is -4.25. The van der Waals surface area contributed by atoms with E-state index in [1.807, 2.05) is 0 Å². The zero-order valence-electron chi connectivity index (χ0n) is 16.2. The summed E-state index contributed by atoms with van der Waals surface area (Å²) in [6.07, 6.45) is -3.13. The van der Waals surface area contributed by atoms with Crippen LogP contribution < -0.4 is 5.32 Å². The lowest BCUT2D eigenvalue weighted by Crippen LogP contribution is -2.33. The molecule has 0 radical (unpaired) electrons. The number of nitrogens with zero attached hydrogens (tertiary/aromatic N) is 1. The van der Waals surface area contributed by atoms with Gasteiger partial charge in [0.1, 0.15) is 18.7 Å². The monoisotopic (exact) mass is 476 g/mol. The number of carbonyl (C=O) groups is 1. The fourth-order valence-electron chi connectivity index (χ4n) is 3.23. The van der Waals surface area contributed by atoms with Gasteiger partial charge < -0.3 is 10.4 Å². The van der Waals surface area contributed by atoms with E-state index in [1.165, 1.54) is 24.3 Å². The first kappa shape index (κ1) is 23.5. The molecule has 1 aliphatic rings. The molecule has 0 aromatic heterocycles. The minimum Gasteiger partial charge on any atom is -0.390 e. The average molecular weight is 477 g/mol. The molecule has 2 atom stereocenters. The lowest BCUT2D eigenvalue weighted by atomic mass is 10.1. The van der Waals surface area contributed by atoms with Crippen molar-refractivity contribution in [1.82, 2.24) is 4.31 Å². The van der Waals surface area contributed by atoms with Crippen LogP contribution in [0.5, 0.6) is 0 Å². The Hall–Kier alpha value is -2.14. The van der Waals surface area contributed by atoms with E-state index in [-0.39, 0.29) is 47.8 Å². The number of rotatable bonds is 5. The third-order valence-electron chi connectivity index (χ3n) is 5.01. The Morgan fingerprint density at radius 3 is 2.58 bits per heavy atom. The summed E-state index contributed by atoms with van der Waals surface area (Å²) in [4.78, 5) is 12.2. The number of aliphatic hydroxyl groups is 1. The first-order valence-corrected chi connectivity index (χ1v) is 11.2. The van der Waals surface area contributed by atoms with Gasteiger partial charge >= 0.3 is 0 Å². The predicted molar refractivity (Wildman–Crippen MR) is 110 cm³/mol. The van der Waals surface area contributed by atoms with Crippen LogP contribution in [0, 0.1) is 5.82 Å². The molecule has 2 aromatic rings. The number of carbonyl (C=O) groups excluding carboxylic acids is 1. The molecule has 1 heterocycles. The molecular weight excluding hydrogens is 457 g/mol. The highest BCUT2D eigenvalue weighted by atomic mass is 35.5. The highest BCUT2D eigenvalue weighted by molar-refractivity contribution is 7.89. The van der Waals surface area contributed by atoms with Crippen molar-refractivity contribution in [2.45, 2.75) is 36.7 Å². The summed E-state index contributed by atoms with van der Waals surface area (Å²) in [6, 6.07) is 7.02. The Morgan fingerprint density at radius 1 is 1.19 bits per heavy atom. The van der Waals surface area contributed by atoms with Gasteiger partial charge in [-0.15, -0.1) is 0 Å². The van der Waals surface area contributed by atoms with Crippen molar-refractivity contribution in [3.05, 3.63) is 58.4 Å². The molecule has 2 N–H and O–H groups in total. The van der Waals surface area contributed by atoms with E-state index in [9.17, 15) is 31.5 Å². The molecule has 1 saturated heterocycles. The molecule has 11 heteroatoms. The minimum atomic E-state index is -4.25. The summed E-state index contributed by atoms with van der Waals surface area (Å²) in [6.45, 7) is -1.41. The summed E-state index contributed by atoms with van der Waals surface area (Å²) in [5.41, 5.74) is -0.0386. The molecule has 0 saturated carbocycles. The van der Waals surface area contributed by atoms with Gasteiger partial charge in [0.2, 0.25) is 10.0 Å². The summed E-state index contributed by atoms with van der Waals surface area (Å²) in [5, 5.41) is 11.9. The van der Waals surface area contributed by atoms with Crippen LogP contribution in [0.4, 0.5) is 18.9 Å². The van der Waals surface area contributed by atoms with Crippen LogP contribution in [0.25, 0.3) is 0 Å². The third kappa shape index (κ3) is 5.20. The number of amides is 1. The van der Waals surface area contributed by atoms with Crippen LogP contribution in [0.1, 0.15) is 28.8 Å². The molecule has 0 bridgehead atoms. The Labute approximate surface area is 182 Å². The second kappa shape index (κ2) is 9.56. The number of halogens is 4. The van der Waals surface area contributed by atoms with E-state index < -0.39 is 45.6 Å². The molecule has 0 unspecified atom stereocenters. The smallest absolute Gasteiger partial charge is 0.255 e. The van der Waals surface area contributed by atoms with Gasteiger partial charge in [0.25, 0.3) is 5.91 Å². The van der Waals surface area contributed by atoms with Crippen LogP contribution >= 0.6 is 11.6 Å². The summed E-state index contributed by atoms with van der Waals surface area (Å²) >= 11 is 5.69. The van der Waals surface area contributed by atoms with E-state index in [4.69, 9.17) is 11.6 Å². The standard InChI is InChI=1S/C20H20ClF3N2O4S/c21-15-10-14(3-4-16(15)23)25-20(28)12-1-2-13(11-22)19(9-12)31(29,30)26-7-5-17(24)18(27)6-8-26/h1-4,9-10,17-18,27H,5-8,11H2,(H,25,28)/t17-,18-/m1/s1. The van der Waals surface area contributed by atoms with Gasteiger partial charge in [-0.05, 0) is 43.2 Å². The van der Waals surface area contributed by atoms with Crippen molar-refractivity contribution in [2.24, 2.45) is 0 Å². The molecule has 0 aliphatic carbocycles. The zero-order valence-corrected chi connectivity index (χ0v) is 17.8. The lowest BCUT2D eigenvalue weighted by molar-refractivity contribution is 0.0757. The largest absolute Gasteiger partial charge is 0.390 e. The van der Waals surface area contributed by atoms with Crippen molar-refractivity contribution in [1.29, 1.82) is 0 Å². The fourth-order valence-corrected chi connectivity index (χ4v) is 5.11. The fraction of sp³-hybridized carbons (Fsp3) is 0.350. The lowest BCUT2D eigenvalue weighted by Gasteiger charge is -2.21. The topological polar surface area (TPSA) is 86.7 Å². The highest BCUT2D eigenvalue weighted by Gasteiger charge is 2.33. The van der Waals surface area contributed by atoms with Crippen LogP contribution in [-0.2, 0) is 16.7 Å². The average Bonchev–Trinajstić information content (AvgIpc) is 2.91. The van der Waals surface area contributed by atoms with Crippen molar-refractivity contribution >= 4 is 33.2 Å². The quantitative estimate of drug-likeness (QED) is 0.689. The molecule has 31 heavy (non-hydrogen) atoms. The number of hydrogen-bond acceptors (Lipinski definition) is 4. The maximum atomic E-state index is 13.8. The number of benzene rings is 2. The highest BCUT2D eigenvalue weighted by Crippen LogP contribution is 2.27. The second-order valence-electron chi connectivity index (χ2n) is 7.10. The Kier molecular flexibility index (Phi) is 7.25. The van der Waals surface area contributed by atoms with Gasteiger partial charge in [0.05, 0.1) is 16.0 Å². The number of sulfonamides is 1. The molecule has 2 aromatic carbocycles. The van der Waals surface area contributed by atoms with E-state index in [0.717, 1.165) is 16.4 Å². The van der Waals surface area contributed by atoms with E-state index in [1.54, 1.807) is 0 Å². The SMILES string of the molecule is O=C(Nc1ccc(F)c(Cl)c1)c1ccc(CF)c(S(=O)(=O)N2CC[C@@H](O)[C@H](F)CC2)c1. The predicted octanol–water partition coefficient (Wildman–Crippen LogP) is 3.68. The van der Waals surface area contributed by atoms with Gasteiger partial charge in [-0.1, -0.05) is 17.7 Å². The molecule has 1 amide bonds. The van der Waals surface area contributed by atoms with E-state index in [2.05, 4.69) is 5.32 Å². The molecule has 0 spiro atoms. The normalized spacial score (nSPS) is 20.3. The molecule has 168 valence electrons. The molecular formula is C20H20ClF3N2O4S. The van der Waals surface area contributed by atoms with Gasteiger partial charge in [0, 0.05) is 29.9 Å². The number of aliphatic hydroxyl groups excluding tert-OH is 1. The van der Waals surface area contributed by atoms with Crippen molar-refractivity contribution < 1.29 is 31.5 Å². The van der Waals surface area contributed by atoms with Crippen molar-refractivity contribution in [2.75, 3.05) is 18.4 Å². The number of alkyl halides is 2. The second-order valence-corrected chi connectivity index (χ2v) is 9.42. The van der Waals surface area contributed by atoms with Gasteiger partial charge in [-0.25, -0.2) is 21.6 Å². The summed E-state index contributed by atoms with van der Waals surface area (Å²) in [5.74, 6) is -1.38. The number of hydrogen-bond donors (Lipinski definition) is 2. The third-order valence-corrected chi connectivity index (χ3v) is 7.29. The summed E-state index contributed by atoms with van der Waals surface area (Å²) < 4.78 is 67.8. The number of anilines is 1. The Balaban J connectivity index is 1.90. The number of nitrogens with one attached hydrogen (secondary N) is 1. The first-order chi connectivity index (χ1) is 14.6. The van der Waals surface area contributed by atoms with Crippen LogP contribution in [0.2, 0.25) is 5.02 Å². The Bertz CT molecular complexity index is 1070. The zero-order chi connectivity index (χ0) is 22.8. The molecule has 6 nitrogen and oxygen atoms in total. The maximum Gasteiger partial charge on any atom is 0.255 e. The minimum absolute atomic E-state index is 0.0746. The molecule has 3 rings (SSSR count). The Morgan fingerprint density at radius 2 is 1.90 bits per heavy atom. The van der Waals surface area contributed by atoms with E-state index in [0.29, 0.717) is 0 Å². The van der Waals surface area contributed by atoms with Gasteiger partial charge in [-0.2, -0.15) is 4.31 Å². The van der Waals surface area contributed by atoms with Crippen LogP contribution in [-0.4, -0.2) is 49.1 Å². The molecule has 1 aliphatic heterocycles. The maximum absolute atomic E-state index is 13.8. The van der Waals surface area contributed by atoms with Crippen molar-refractivity contribution in [3.63, 3.8) is 0 Å². The first-order valence-electron chi connectivity index (χ1n) is 9.41. The van der Waals surface area contributed by atoms with Crippen LogP contribution in [0.3, 0.4) is 0 Å². The molecule has 1 fully saturated rings. The van der Waals surface area contributed by atoms with E-state index >= 15 is 0 Å². The van der Waals surface area contributed by atoms with Crippen LogP contribution in [0.15, 0.2) is 41.3 Å². The van der Waals surface area contributed by atoms with Gasteiger partial charge in [-0.3, -0.25) is 4.79 Å².